The van der Waals surface area contributed by atoms with Gasteiger partial charge in [-0.2, -0.15) is 10.5 Å². The molecule has 0 saturated heterocycles. The van der Waals surface area contributed by atoms with Gasteiger partial charge < -0.3 is 8.83 Å². The number of nitrogens with zero attached hydrogens (tertiary/aromatic N) is 4. The molecule has 0 spiro atoms. The Labute approximate surface area is 180 Å². The molecule has 0 saturated carbocycles. The van der Waals surface area contributed by atoms with Gasteiger partial charge in [-0.15, -0.1) is 9.24 Å². The number of hydrogen-bond acceptors (Lipinski definition) is 6. The van der Waals surface area contributed by atoms with Crippen LogP contribution in [0.2, 0.25) is 0 Å². The minimum absolute atomic E-state index is 0.209. The summed E-state index contributed by atoms with van der Waals surface area (Å²) in [4.78, 5) is 9.14. The van der Waals surface area contributed by atoms with Gasteiger partial charge in [-0.05, 0) is 19.2 Å². The van der Waals surface area contributed by atoms with Gasteiger partial charge in [0.2, 0.25) is 21.9 Å². The molecule has 0 bridgehead atoms. The molecule has 2 aromatic carbocycles. The summed E-state index contributed by atoms with van der Waals surface area (Å²) >= 11 is 0. The van der Waals surface area contributed by atoms with E-state index in [2.05, 4.69) is 31.3 Å². The van der Waals surface area contributed by atoms with Gasteiger partial charge >= 0.3 is 0 Å². The Balaban J connectivity index is 2.24. The monoisotopic (exact) mass is 424 g/mol. The van der Waals surface area contributed by atoms with E-state index >= 15 is 0 Å². The van der Waals surface area contributed by atoms with Crippen molar-refractivity contribution in [2.24, 2.45) is 0 Å². The summed E-state index contributed by atoms with van der Waals surface area (Å²) in [6, 6.07) is 21.4. The van der Waals surface area contributed by atoms with Crippen molar-refractivity contribution in [3.63, 3.8) is 0 Å². The number of nitriles is 2. The maximum absolute atomic E-state index is 9.34. The van der Waals surface area contributed by atoms with Gasteiger partial charge in [-0.1, -0.05) is 54.6 Å². The van der Waals surface area contributed by atoms with Crippen molar-refractivity contribution in [2.75, 3.05) is 0 Å². The lowest BCUT2D eigenvalue weighted by molar-refractivity contribution is 0.440. The Hall–Kier alpha value is -3.99. The molecular weight excluding hydrogens is 407 g/mol. The van der Waals surface area contributed by atoms with Crippen LogP contribution in [-0.2, 0) is 0 Å². The SMILES string of the molecule is C/C(C#N)=c1\nc(-c2ccccc2)/c(=c2\o/c(=C(/C)C#N)nc2-c2ccc(P)cc2)o1. The molecule has 0 radical (unpaired) electrons. The topological polar surface area (TPSA) is 99.6 Å². The minimum atomic E-state index is 0.209. The van der Waals surface area contributed by atoms with Gasteiger partial charge in [0.15, 0.2) is 0 Å². The van der Waals surface area contributed by atoms with Gasteiger partial charge in [0.05, 0.1) is 11.1 Å². The quantitative estimate of drug-likeness (QED) is 0.458. The second-order valence-electron chi connectivity index (χ2n) is 6.86. The second kappa shape index (κ2) is 8.40. The average Bonchev–Trinajstić information content (AvgIpc) is 3.44. The summed E-state index contributed by atoms with van der Waals surface area (Å²) in [6.07, 6.45) is 0. The smallest absolute Gasteiger partial charge is 0.233 e. The van der Waals surface area contributed by atoms with Crippen LogP contribution < -0.4 is 16.4 Å². The fourth-order valence-electron chi connectivity index (χ4n) is 2.99. The van der Waals surface area contributed by atoms with Crippen LogP contribution in [0.5, 0.6) is 0 Å². The lowest BCUT2D eigenvalue weighted by Crippen LogP contribution is -2.03. The van der Waals surface area contributed by atoms with Crippen LogP contribution in [0, 0.1) is 33.5 Å². The molecule has 4 aromatic rings. The van der Waals surface area contributed by atoms with Crippen molar-refractivity contribution < 1.29 is 8.83 Å². The lowest BCUT2D eigenvalue weighted by Gasteiger charge is -1.97. The number of benzene rings is 2. The van der Waals surface area contributed by atoms with E-state index in [1.54, 1.807) is 13.8 Å². The third-order valence-electron chi connectivity index (χ3n) is 4.67. The van der Waals surface area contributed by atoms with Gasteiger partial charge in [0.25, 0.3) is 0 Å². The highest BCUT2D eigenvalue weighted by Gasteiger charge is 2.15. The zero-order valence-electron chi connectivity index (χ0n) is 16.9. The number of rotatable bonds is 2. The molecule has 2 aromatic heterocycles. The number of hydrogen-bond donors (Lipinski definition) is 0. The second-order valence-corrected chi connectivity index (χ2v) is 7.52. The van der Waals surface area contributed by atoms with Crippen LogP contribution in [0.1, 0.15) is 13.8 Å². The Morgan fingerprint density at radius 2 is 1.19 bits per heavy atom. The van der Waals surface area contributed by atoms with Gasteiger partial charge in [0, 0.05) is 11.1 Å². The van der Waals surface area contributed by atoms with Gasteiger partial charge in [-0.25, -0.2) is 9.97 Å². The Bertz CT molecular complexity index is 1570. The van der Waals surface area contributed by atoms with E-state index in [4.69, 9.17) is 8.83 Å². The van der Waals surface area contributed by atoms with E-state index in [1.807, 2.05) is 54.6 Å². The predicted molar refractivity (Wildman–Crippen MR) is 120 cm³/mol. The molecule has 0 N–H and O–H groups in total. The Morgan fingerprint density at radius 1 is 0.742 bits per heavy atom. The maximum atomic E-state index is 9.34. The molecule has 0 aliphatic heterocycles. The van der Waals surface area contributed by atoms with Crippen molar-refractivity contribution in [1.82, 2.24) is 9.97 Å². The molecule has 7 heteroatoms. The molecular formula is C24H17N4O2P. The van der Waals surface area contributed by atoms with Crippen molar-refractivity contribution in [1.29, 1.82) is 10.5 Å². The first-order chi connectivity index (χ1) is 15.0. The van der Waals surface area contributed by atoms with Crippen molar-refractivity contribution in [3.8, 4) is 34.7 Å². The van der Waals surface area contributed by atoms with Crippen LogP contribution in [0.4, 0.5) is 0 Å². The van der Waals surface area contributed by atoms with Crippen LogP contribution in [0.3, 0.4) is 0 Å². The standard InChI is InChI=1S/C24H17N4O2P/c1-14(12-25)23-27-19(16-6-4-3-5-7-16)21(29-23)22-20(17-8-10-18(31)11-9-17)28-24(30-22)15(2)13-26/h3-11H,31H2,1-2H3/b22-21+,23-14-,24-15-. The summed E-state index contributed by atoms with van der Waals surface area (Å²) in [5, 5.41) is 19.7. The first-order valence-electron chi connectivity index (χ1n) is 9.43. The molecule has 1 unspecified atom stereocenters. The Morgan fingerprint density at radius 3 is 1.65 bits per heavy atom. The number of aromatic nitrogens is 2. The number of oxazole rings is 2. The van der Waals surface area contributed by atoms with E-state index in [0.29, 0.717) is 33.4 Å². The minimum Gasteiger partial charge on any atom is -0.432 e. The molecule has 2 heterocycles. The fraction of sp³-hybridized carbons (Fsp3) is 0.0833. The van der Waals surface area contributed by atoms with Crippen LogP contribution in [0.15, 0.2) is 63.4 Å². The molecule has 0 aliphatic carbocycles. The molecule has 0 fully saturated rings. The highest BCUT2D eigenvalue weighted by Crippen LogP contribution is 2.22. The Kier molecular flexibility index (Phi) is 5.50. The van der Waals surface area contributed by atoms with Crippen molar-refractivity contribution in [3.05, 3.63) is 76.5 Å². The molecule has 31 heavy (non-hydrogen) atoms. The normalized spacial score (nSPS) is 13.8. The zero-order valence-corrected chi connectivity index (χ0v) is 18.0. The summed E-state index contributed by atoms with van der Waals surface area (Å²) in [5.41, 5.74) is 4.49. The van der Waals surface area contributed by atoms with Gasteiger partial charge in [0.1, 0.15) is 23.5 Å². The summed E-state index contributed by atoms with van der Waals surface area (Å²) < 4.78 is 12.0. The van der Waals surface area contributed by atoms with E-state index < -0.39 is 0 Å². The highest BCUT2D eigenvalue weighted by molar-refractivity contribution is 7.27. The molecule has 0 amide bonds. The lowest BCUT2D eigenvalue weighted by atomic mass is 10.1. The van der Waals surface area contributed by atoms with Gasteiger partial charge in [-0.3, -0.25) is 0 Å². The van der Waals surface area contributed by atoms with Crippen LogP contribution in [0.25, 0.3) is 33.7 Å². The van der Waals surface area contributed by atoms with E-state index in [9.17, 15) is 10.5 Å². The summed E-state index contributed by atoms with van der Waals surface area (Å²) in [5.74, 6) is 0. The zero-order chi connectivity index (χ0) is 22.0. The van der Waals surface area contributed by atoms with Crippen molar-refractivity contribution >= 4 is 25.7 Å². The largest absolute Gasteiger partial charge is 0.432 e. The molecule has 150 valence electrons. The summed E-state index contributed by atoms with van der Waals surface area (Å²) in [7, 11) is 2.64. The van der Waals surface area contributed by atoms with Crippen molar-refractivity contribution in [2.45, 2.75) is 13.8 Å². The first kappa shape index (κ1) is 20.3. The van der Waals surface area contributed by atoms with E-state index in [1.165, 1.54) is 0 Å². The highest BCUT2D eigenvalue weighted by atomic mass is 31.0. The molecule has 4 rings (SSSR count). The fourth-order valence-corrected chi connectivity index (χ4v) is 3.19. The average molecular weight is 424 g/mol. The van der Waals surface area contributed by atoms with Crippen LogP contribution >= 0.6 is 9.24 Å². The maximum Gasteiger partial charge on any atom is 0.233 e. The summed E-state index contributed by atoms with van der Waals surface area (Å²) in [6.45, 7) is 3.28. The predicted octanol–water partition coefficient (Wildman–Crippen LogP) is 3.17. The first-order valence-corrected chi connectivity index (χ1v) is 10.0. The molecule has 1 atom stereocenters. The molecule has 0 aliphatic rings. The molecule has 6 nitrogen and oxygen atoms in total. The third kappa shape index (κ3) is 3.90. The van der Waals surface area contributed by atoms with E-state index in [0.717, 1.165) is 16.4 Å². The third-order valence-corrected chi connectivity index (χ3v) is 5.05. The van der Waals surface area contributed by atoms with E-state index in [-0.39, 0.29) is 11.1 Å². The van der Waals surface area contributed by atoms with Crippen LogP contribution in [-0.4, -0.2) is 9.97 Å².